The third kappa shape index (κ3) is 12.8. The Labute approximate surface area is 405 Å². The van der Waals surface area contributed by atoms with E-state index in [1.807, 2.05) is 24.3 Å². The Morgan fingerprint density at radius 2 is 1.05 bits per heavy atom. The number of amides is 4. The van der Waals surface area contributed by atoms with E-state index in [2.05, 4.69) is 60.6 Å². The number of hydrogen-bond donors (Lipinski definition) is 5. The molecule has 4 aromatic carbocycles. The molecule has 4 amide bonds. The van der Waals surface area contributed by atoms with Gasteiger partial charge in [-0.3, -0.25) is 29.0 Å². The van der Waals surface area contributed by atoms with Gasteiger partial charge < -0.3 is 31.3 Å². The van der Waals surface area contributed by atoms with Crippen LogP contribution in [0.15, 0.2) is 78.9 Å². The van der Waals surface area contributed by atoms with Crippen LogP contribution in [0.1, 0.15) is 83.2 Å². The highest BCUT2D eigenvalue weighted by molar-refractivity contribution is 6.42. The maximum Gasteiger partial charge on any atom is 0.255 e. The Morgan fingerprint density at radius 3 is 1.48 bits per heavy atom. The predicted molar refractivity (Wildman–Crippen MR) is 259 cm³/mol. The monoisotopic (exact) mass is 983 g/mol. The third-order valence-corrected chi connectivity index (χ3v) is 14.4. The Bertz CT molecular complexity index is 2310. The molecule has 4 fully saturated rings. The lowest BCUT2D eigenvalue weighted by molar-refractivity contribution is -0.122. The van der Waals surface area contributed by atoms with Gasteiger partial charge in [-0.05, 0) is 111 Å². The summed E-state index contributed by atoms with van der Waals surface area (Å²) in [6.07, 6.45) is 8.27. The number of carbonyl (C=O) groups is 4. The molecule has 4 bridgehead atoms. The van der Waals surface area contributed by atoms with Gasteiger partial charge in [0, 0.05) is 78.1 Å². The fourth-order valence-electron chi connectivity index (χ4n) is 9.71. The molecule has 4 heterocycles. The summed E-state index contributed by atoms with van der Waals surface area (Å²) in [5.41, 5.74) is 3.83. The van der Waals surface area contributed by atoms with Gasteiger partial charge in [-0.2, -0.15) is 0 Å². The quantitative estimate of drug-likeness (QED) is 0.0845. The molecule has 4 saturated heterocycles. The van der Waals surface area contributed by atoms with E-state index in [0.717, 1.165) is 74.5 Å². The van der Waals surface area contributed by atoms with Crippen molar-refractivity contribution in [1.29, 1.82) is 0 Å². The predicted octanol–water partition coefficient (Wildman–Crippen LogP) is 8.77. The molecule has 0 unspecified atom stereocenters. The van der Waals surface area contributed by atoms with Gasteiger partial charge in [0.25, 0.3) is 11.8 Å². The van der Waals surface area contributed by atoms with Crippen molar-refractivity contribution >= 4 is 87.3 Å². The number of hydrogen-bond acceptors (Lipinski definition) is 8. The van der Waals surface area contributed by atoms with Crippen LogP contribution < -0.4 is 31.3 Å². The van der Waals surface area contributed by atoms with Gasteiger partial charge in [0.05, 0.1) is 46.5 Å². The van der Waals surface area contributed by atoms with Crippen LogP contribution >= 0.6 is 58.0 Å². The number of nitrogens with zero attached hydrogens (tertiary/aromatic N) is 2. The minimum atomic E-state index is -0.408. The van der Waals surface area contributed by atoms with Crippen molar-refractivity contribution in [2.45, 2.75) is 101 Å². The summed E-state index contributed by atoms with van der Waals surface area (Å²) in [4.78, 5) is 55.0. The first-order chi connectivity index (χ1) is 31.3. The second-order valence-electron chi connectivity index (χ2n) is 17.1. The first-order valence-electron chi connectivity index (χ1n) is 21.9. The number of piperidine rings is 2. The Hall–Kier alpha value is -4.27. The summed E-state index contributed by atoms with van der Waals surface area (Å²) in [5, 5.41) is 17.1. The number of carbonyl (C=O) groups excluding carboxylic acids is 4. The Morgan fingerprint density at radius 1 is 0.585 bits per heavy atom. The van der Waals surface area contributed by atoms with Crippen molar-refractivity contribution < 1.29 is 23.9 Å². The maximum absolute atomic E-state index is 12.7. The molecule has 4 aromatic rings. The van der Waals surface area contributed by atoms with Gasteiger partial charge in [0.15, 0.2) is 0 Å². The van der Waals surface area contributed by atoms with Crippen molar-refractivity contribution in [3.63, 3.8) is 0 Å². The lowest BCUT2D eigenvalue weighted by atomic mass is 9.96. The summed E-state index contributed by atoms with van der Waals surface area (Å²) in [6.45, 7) is 1.64. The largest absolute Gasteiger partial charge is 0.496 e. The molecular formula is C48H54Cl5N7O5. The van der Waals surface area contributed by atoms with E-state index in [1.165, 1.54) is 30.4 Å². The summed E-state index contributed by atoms with van der Waals surface area (Å²) < 4.78 is 5.31. The van der Waals surface area contributed by atoms with Crippen molar-refractivity contribution in [3.8, 4) is 5.75 Å². The smallest absolute Gasteiger partial charge is 0.255 e. The number of nitrogens with one attached hydrogen (secondary N) is 5. The minimum Gasteiger partial charge on any atom is -0.496 e. The molecule has 4 aliphatic rings. The molecule has 17 heteroatoms. The molecule has 12 nitrogen and oxygen atoms in total. The molecule has 0 saturated carbocycles. The number of halogens is 5. The Balaban J connectivity index is 0.000000195. The van der Waals surface area contributed by atoms with Crippen LogP contribution in [-0.4, -0.2) is 96.9 Å². The van der Waals surface area contributed by atoms with Crippen molar-refractivity contribution in [3.05, 3.63) is 126 Å². The molecule has 5 N–H and O–H groups in total. The van der Waals surface area contributed by atoms with Crippen LogP contribution in [0, 0.1) is 0 Å². The van der Waals surface area contributed by atoms with Gasteiger partial charge in [-0.15, -0.1) is 0 Å². The molecule has 346 valence electrons. The van der Waals surface area contributed by atoms with Crippen LogP contribution in [0.5, 0.6) is 5.75 Å². The highest BCUT2D eigenvalue weighted by Crippen LogP contribution is 2.38. The second kappa shape index (κ2) is 22.5. The fourth-order valence-corrected chi connectivity index (χ4v) is 10.5. The molecule has 0 aromatic heterocycles. The zero-order valence-corrected chi connectivity index (χ0v) is 40.1. The summed E-state index contributed by atoms with van der Waals surface area (Å²) in [7, 11) is 3.22. The summed E-state index contributed by atoms with van der Waals surface area (Å²) in [5.74, 6) is -0.748. The first kappa shape index (κ1) is 48.7. The van der Waals surface area contributed by atoms with Gasteiger partial charge >= 0.3 is 0 Å². The lowest BCUT2D eigenvalue weighted by Crippen LogP contribution is -2.51. The highest BCUT2D eigenvalue weighted by Gasteiger charge is 2.42. The average molecular weight is 986 g/mol. The van der Waals surface area contributed by atoms with E-state index in [9.17, 15) is 19.2 Å². The minimum absolute atomic E-state index is 0.0700. The molecule has 0 aliphatic carbocycles. The second-order valence-corrected chi connectivity index (χ2v) is 19.2. The summed E-state index contributed by atoms with van der Waals surface area (Å²) >= 11 is 30.0. The maximum atomic E-state index is 12.7. The van der Waals surface area contributed by atoms with E-state index in [4.69, 9.17) is 62.7 Å². The van der Waals surface area contributed by atoms with Gasteiger partial charge in [0.2, 0.25) is 11.8 Å². The van der Waals surface area contributed by atoms with E-state index < -0.39 is 5.91 Å². The number of rotatable bonds is 14. The molecule has 6 atom stereocenters. The molecule has 0 spiro atoms. The molecule has 8 rings (SSSR count). The molecule has 0 radical (unpaired) electrons. The van der Waals surface area contributed by atoms with Crippen LogP contribution in [0.2, 0.25) is 25.1 Å². The van der Waals surface area contributed by atoms with E-state index >= 15 is 0 Å². The molecule has 4 aliphatic heterocycles. The number of fused-ring (bicyclic) bond motifs is 4. The van der Waals surface area contributed by atoms with Crippen molar-refractivity contribution in [1.82, 2.24) is 31.1 Å². The first-order valence-corrected chi connectivity index (χ1v) is 23.8. The Kier molecular flexibility index (Phi) is 16.8. The van der Waals surface area contributed by atoms with Gasteiger partial charge in [-0.1, -0.05) is 82.3 Å². The zero-order valence-electron chi connectivity index (χ0n) is 36.3. The standard InChI is InChI=1S/C25H30Cl2N4O3.C23H24Cl3N3O2/c1-28-22-12-23(34-2)20(11-21(22)27)25(33)29-13-24(32)30-17-9-18-7-8-19(10-17)31(18)14-15-3-5-16(26)6-4-15;24-16-4-1-14(2-5-16)13-29-18-6-7-19(29)11-17(10-18)28-22(30)12-27-23(31)15-3-8-20(25)21(26)9-15/h3-6,11-12,17-19,28H,7-10,13-14H2,1-2H3,(H,29,33)(H,30,32);1-5,8-9,17-19H,6-7,10-13H2,(H,27,31)(H,28,30)/t2*17-,18+,19-. The topological polar surface area (TPSA) is 144 Å². The fraction of sp³-hybridized carbons (Fsp3) is 0.417. The van der Waals surface area contributed by atoms with E-state index in [-0.39, 0.29) is 48.5 Å². The van der Waals surface area contributed by atoms with Crippen LogP contribution in [-0.2, 0) is 22.7 Å². The number of methoxy groups -OCH3 is 1. The number of benzene rings is 4. The van der Waals surface area contributed by atoms with Gasteiger partial charge in [-0.25, -0.2) is 0 Å². The van der Waals surface area contributed by atoms with Crippen molar-refractivity contribution in [2.75, 3.05) is 32.6 Å². The van der Waals surface area contributed by atoms with Crippen LogP contribution in [0.4, 0.5) is 5.69 Å². The number of anilines is 1. The zero-order chi connectivity index (χ0) is 46.2. The SMILES string of the molecule is CNc1cc(OC)c(C(=O)NCC(=O)N[C@H]2C[C@H]3CC[C@@H](C2)N3Cc2ccc(Cl)cc2)cc1Cl.O=C(CNC(=O)c1ccc(Cl)c(Cl)c1)N[C@H]1C[C@H]2CC[C@@H](C1)N2Cc1ccc(Cl)cc1. The lowest BCUT2D eigenvalue weighted by Gasteiger charge is -2.39. The van der Waals surface area contributed by atoms with Crippen LogP contribution in [0.25, 0.3) is 0 Å². The molecule has 65 heavy (non-hydrogen) atoms. The van der Waals surface area contributed by atoms with E-state index in [0.29, 0.717) is 56.2 Å². The normalized spacial score (nSPS) is 22.3. The summed E-state index contributed by atoms with van der Waals surface area (Å²) in [6, 6.07) is 25.9. The number of ether oxygens (including phenoxy) is 1. The van der Waals surface area contributed by atoms with Crippen LogP contribution in [0.3, 0.4) is 0 Å². The van der Waals surface area contributed by atoms with Gasteiger partial charge in [0.1, 0.15) is 5.75 Å². The molecular weight excluding hydrogens is 932 g/mol. The highest BCUT2D eigenvalue weighted by atomic mass is 35.5. The average Bonchev–Trinajstić information content (AvgIpc) is 3.66. The third-order valence-electron chi connectivity index (χ3n) is 12.9. The van der Waals surface area contributed by atoms with E-state index in [1.54, 1.807) is 25.2 Å². The van der Waals surface area contributed by atoms with Crippen molar-refractivity contribution in [2.24, 2.45) is 0 Å².